The molecule has 22 heavy (non-hydrogen) atoms. The van der Waals surface area contributed by atoms with Crippen LogP contribution in [0.25, 0.3) is 0 Å². The van der Waals surface area contributed by atoms with E-state index in [0.29, 0.717) is 12.1 Å². The summed E-state index contributed by atoms with van der Waals surface area (Å²) < 4.78 is 87.2. The second kappa shape index (κ2) is 5.45. The number of hydrogen-bond donors (Lipinski definition) is 0. The monoisotopic (exact) mass is 326 g/mol. The number of rotatable bonds is 1. The van der Waals surface area contributed by atoms with Gasteiger partial charge in [0.1, 0.15) is 0 Å². The Labute approximate surface area is 123 Å². The molecule has 0 aliphatic carbocycles. The van der Waals surface area contributed by atoms with Crippen molar-refractivity contribution in [1.29, 1.82) is 0 Å². The topological polar surface area (TPSA) is 18.5 Å². The molecular formula is C13H13BF6O2. The van der Waals surface area contributed by atoms with Crippen molar-refractivity contribution in [3.8, 4) is 0 Å². The third kappa shape index (κ3) is 3.95. The first kappa shape index (κ1) is 17.1. The maximum Gasteiger partial charge on any atom is 0.493 e. The SMILES string of the molecule is CC1(C)COB(c2cc(C(F)(F)F)cc(C(F)(F)F)c2)OC1. The molecule has 2 rings (SSSR count). The molecule has 0 atom stereocenters. The Bertz CT molecular complexity index is 510. The molecule has 1 saturated heterocycles. The van der Waals surface area contributed by atoms with E-state index in [1.54, 1.807) is 0 Å². The first-order chi connectivity index (χ1) is 9.88. The van der Waals surface area contributed by atoms with Gasteiger partial charge in [-0.05, 0) is 11.5 Å². The zero-order valence-electron chi connectivity index (χ0n) is 11.8. The Hall–Kier alpha value is -1.22. The molecule has 2 nitrogen and oxygen atoms in total. The standard InChI is InChI=1S/C13H13BF6O2/c1-11(2)6-21-14(22-7-11)10-4-8(12(15,16)17)3-9(5-10)13(18,19)20/h3-5H,6-7H2,1-2H3. The Morgan fingerprint density at radius 3 is 1.64 bits per heavy atom. The van der Waals surface area contributed by atoms with Crippen LogP contribution in [-0.4, -0.2) is 20.3 Å². The highest BCUT2D eigenvalue weighted by Crippen LogP contribution is 2.35. The van der Waals surface area contributed by atoms with Gasteiger partial charge in [-0.3, -0.25) is 0 Å². The first-order valence-electron chi connectivity index (χ1n) is 6.41. The highest BCUT2D eigenvalue weighted by Gasteiger charge is 2.40. The third-order valence-electron chi connectivity index (χ3n) is 3.13. The molecule has 0 spiro atoms. The first-order valence-corrected chi connectivity index (χ1v) is 6.41. The number of halogens is 6. The van der Waals surface area contributed by atoms with Crippen LogP contribution in [0.4, 0.5) is 26.3 Å². The summed E-state index contributed by atoms with van der Waals surface area (Å²) in [5.41, 5.74) is -3.40. The Morgan fingerprint density at radius 2 is 1.27 bits per heavy atom. The van der Waals surface area contributed by atoms with Crippen LogP contribution in [0, 0.1) is 5.41 Å². The fourth-order valence-electron chi connectivity index (χ4n) is 2.00. The van der Waals surface area contributed by atoms with Gasteiger partial charge in [-0.2, -0.15) is 26.3 Å². The highest BCUT2D eigenvalue weighted by molar-refractivity contribution is 6.61. The van der Waals surface area contributed by atoms with Crippen LogP contribution < -0.4 is 5.46 Å². The van der Waals surface area contributed by atoms with Crippen molar-refractivity contribution in [2.24, 2.45) is 5.41 Å². The van der Waals surface area contributed by atoms with Crippen LogP contribution >= 0.6 is 0 Å². The molecule has 1 fully saturated rings. The van der Waals surface area contributed by atoms with Gasteiger partial charge < -0.3 is 9.31 Å². The van der Waals surface area contributed by atoms with E-state index in [0.717, 1.165) is 0 Å². The average Bonchev–Trinajstić information content (AvgIpc) is 2.36. The van der Waals surface area contributed by atoms with Crippen LogP contribution in [0.5, 0.6) is 0 Å². The summed E-state index contributed by atoms with van der Waals surface area (Å²) in [7, 11) is -1.24. The van der Waals surface area contributed by atoms with Gasteiger partial charge in [-0.15, -0.1) is 0 Å². The van der Waals surface area contributed by atoms with Gasteiger partial charge in [-0.25, -0.2) is 0 Å². The zero-order valence-corrected chi connectivity index (χ0v) is 11.8. The van der Waals surface area contributed by atoms with E-state index < -0.39 is 30.6 Å². The van der Waals surface area contributed by atoms with E-state index >= 15 is 0 Å². The summed E-state index contributed by atoms with van der Waals surface area (Å²) in [6.45, 7) is 3.98. The van der Waals surface area contributed by atoms with Crippen molar-refractivity contribution < 1.29 is 35.7 Å². The lowest BCUT2D eigenvalue weighted by molar-refractivity contribution is -0.143. The van der Waals surface area contributed by atoms with Gasteiger partial charge >= 0.3 is 19.5 Å². The van der Waals surface area contributed by atoms with Crippen LogP contribution in [0.1, 0.15) is 25.0 Å². The Morgan fingerprint density at radius 1 is 0.864 bits per heavy atom. The third-order valence-corrected chi connectivity index (χ3v) is 3.13. The average molecular weight is 326 g/mol. The number of alkyl halides is 6. The van der Waals surface area contributed by atoms with Crippen molar-refractivity contribution in [2.75, 3.05) is 13.2 Å². The summed E-state index contributed by atoms with van der Waals surface area (Å²) in [6.07, 6.45) is -9.77. The fourth-order valence-corrected chi connectivity index (χ4v) is 2.00. The fraction of sp³-hybridized carbons (Fsp3) is 0.538. The molecule has 122 valence electrons. The second-order valence-corrected chi connectivity index (χ2v) is 5.96. The van der Waals surface area contributed by atoms with E-state index in [9.17, 15) is 26.3 Å². The molecule has 1 aliphatic heterocycles. The molecule has 0 saturated carbocycles. The summed E-state index contributed by atoms with van der Waals surface area (Å²) in [5.74, 6) is 0. The second-order valence-electron chi connectivity index (χ2n) is 5.96. The lowest BCUT2D eigenvalue weighted by Crippen LogP contribution is -2.47. The van der Waals surface area contributed by atoms with Gasteiger partial charge in [-0.1, -0.05) is 26.0 Å². The van der Waals surface area contributed by atoms with Gasteiger partial charge in [0.2, 0.25) is 0 Å². The van der Waals surface area contributed by atoms with Gasteiger partial charge in [0.15, 0.2) is 0 Å². The zero-order chi connectivity index (χ0) is 16.8. The number of benzene rings is 1. The minimum Gasteiger partial charge on any atom is -0.407 e. The minimum absolute atomic E-state index is 0.0796. The molecule has 9 heteroatoms. The minimum atomic E-state index is -4.88. The Kier molecular flexibility index (Phi) is 4.25. The molecule has 1 aromatic carbocycles. The molecule has 1 aliphatic rings. The predicted octanol–water partition coefficient (Wildman–Crippen LogP) is 3.49. The molecule has 0 radical (unpaired) electrons. The maximum absolute atomic E-state index is 12.8. The van der Waals surface area contributed by atoms with Gasteiger partial charge in [0.25, 0.3) is 0 Å². The molecule has 0 aromatic heterocycles. The summed E-state index contributed by atoms with van der Waals surface area (Å²) in [4.78, 5) is 0. The molecule has 0 N–H and O–H groups in total. The highest BCUT2D eigenvalue weighted by atomic mass is 19.4. The smallest absolute Gasteiger partial charge is 0.407 e. The van der Waals surface area contributed by atoms with Gasteiger partial charge in [0, 0.05) is 18.6 Å². The van der Waals surface area contributed by atoms with Crippen LogP contribution in [0.3, 0.4) is 0 Å². The molecule has 0 bridgehead atoms. The molecular weight excluding hydrogens is 313 g/mol. The summed E-state index contributed by atoms with van der Waals surface area (Å²) >= 11 is 0. The maximum atomic E-state index is 12.8. The van der Waals surface area contributed by atoms with Crippen LogP contribution in [0.2, 0.25) is 0 Å². The normalized spacial score (nSPS) is 19.4. The van der Waals surface area contributed by atoms with Crippen molar-refractivity contribution >= 4 is 12.6 Å². The summed E-state index contributed by atoms with van der Waals surface area (Å²) in [5, 5.41) is 0. The largest absolute Gasteiger partial charge is 0.493 e. The number of hydrogen-bond acceptors (Lipinski definition) is 2. The van der Waals surface area contributed by atoms with Crippen molar-refractivity contribution in [2.45, 2.75) is 26.2 Å². The lowest BCUT2D eigenvalue weighted by atomic mass is 9.74. The van der Waals surface area contributed by atoms with Crippen molar-refractivity contribution in [3.63, 3.8) is 0 Å². The summed E-state index contributed by atoms with van der Waals surface area (Å²) in [6, 6.07) is 1.33. The molecule has 1 heterocycles. The van der Waals surface area contributed by atoms with E-state index in [2.05, 4.69) is 0 Å². The quantitative estimate of drug-likeness (QED) is 0.581. The van der Waals surface area contributed by atoms with E-state index in [1.165, 1.54) is 0 Å². The molecule has 1 aromatic rings. The van der Waals surface area contributed by atoms with E-state index in [-0.39, 0.29) is 30.2 Å². The van der Waals surface area contributed by atoms with Crippen LogP contribution in [-0.2, 0) is 21.7 Å². The molecule has 0 amide bonds. The molecule has 0 unspecified atom stereocenters. The van der Waals surface area contributed by atoms with Crippen LogP contribution in [0.15, 0.2) is 18.2 Å². The van der Waals surface area contributed by atoms with Crippen molar-refractivity contribution in [3.05, 3.63) is 29.3 Å². The van der Waals surface area contributed by atoms with E-state index in [1.807, 2.05) is 13.8 Å². The lowest BCUT2D eigenvalue weighted by Gasteiger charge is -2.33. The Balaban J connectivity index is 2.39. The van der Waals surface area contributed by atoms with Gasteiger partial charge in [0.05, 0.1) is 11.1 Å². The van der Waals surface area contributed by atoms with E-state index in [4.69, 9.17) is 9.31 Å². The predicted molar refractivity (Wildman–Crippen MR) is 67.5 cm³/mol. The van der Waals surface area contributed by atoms with Crippen molar-refractivity contribution in [1.82, 2.24) is 0 Å².